The maximum atomic E-state index is 12.3. The fraction of sp³-hybridized carbons (Fsp3) is 0.143. The average molecular weight is 419 g/mol. The van der Waals surface area contributed by atoms with E-state index in [1.165, 1.54) is 0 Å². The molecule has 0 bridgehead atoms. The van der Waals surface area contributed by atoms with Gasteiger partial charge in [-0.15, -0.1) is 0 Å². The van der Waals surface area contributed by atoms with Crippen molar-refractivity contribution in [2.24, 2.45) is 0 Å². The molecular formula is C14H13Br2NO2S. The second-order valence-electron chi connectivity index (χ2n) is 4.48. The third kappa shape index (κ3) is 3.42. The van der Waals surface area contributed by atoms with Gasteiger partial charge in [-0.25, -0.2) is 8.42 Å². The van der Waals surface area contributed by atoms with E-state index in [9.17, 15) is 8.42 Å². The van der Waals surface area contributed by atoms with E-state index in [0.717, 1.165) is 20.1 Å². The summed E-state index contributed by atoms with van der Waals surface area (Å²) in [4.78, 5) is 0.249. The second kappa shape index (κ2) is 5.87. The van der Waals surface area contributed by atoms with Gasteiger partial charge in [0, 0.05) is 14.6 Å². The van der Waals surface area contributed by atoms with Gasteiger partial charge in [0.1, 0.15) is 0 Å². The number of benzene rings is 2. The van der Waals surface area contributed by atoms with Crippen LogP contribution in [0, 0.1) is 13.8 Å². The Kier molecular flexibility index (Phi) is 4.56. The zero-order valence-corrected chi connectivity index (χ0v) is 14.9. The Hall–Kier alpha value is -0.850. The van der Waals surface area contributed by atoms with E-state index >= 15 is 0 Å². The molecule has 0 saturated carbocycles. The van der Waals surface area contributed by atoms with Crippen molar-refractivity contribution in [1.82, 2.24) is 0 Å². The molecule has 2 aromatic rings. The summed E-state index contributed by atoms with van der Waals surface area (Å²) in [5.74, 6) is 0. The molecule has 0 aliphatic heterocycles. The Morgan fingerprint density at radius 1 is 0.900 bits per heavy atom. The topological polar surface area (TPSA) is 46.2 Å². The van der Waals surface area contributed by atoms with E-state index in [2.05, 4.69) is 36.6 Å². The molecule has 0 heterocycles. The number of hydrogen-bond donors (Lipinski definition) is 1. The van der Waals surface area contributed by atoms with Crippen LogP contribution in [-0.4, -0.2) is 8.42 Å². The molecule has 0 radical (unpaired) electrons. The van der Waals surface area contributed by atoms with Gasteiger partial charge < -0.3 is 0 Å². The fourth-order valence-electron chi connectivity index (χ4n) is 1.71. The van der Waals surface area contributed by atoms with Crippen LogP contribution in [0.15, 0.2) is 50.2 Å². The molecule has 6 heteroatoms. The minimum Gasteiger partial charge on any atom is -0.280 e. The summed E-state index contributed by atoms with van der Waals surface area (Å²) in [6.45, 7) is 3.76. The van der Waals surface area contributed by atoms with Crippen molar-refractivity contribution in [2.45, 2.75) is 18.7 Å². The van der Waals surface area contributed by atoms with E-state index in [0.29, 0.717) is 5.69 Å². The molecule has 0 spiro atoms. The van der Waals surface area contributed by atoms with Gasteiger partial charge >= 0.3 is 0 Å². The van der Waals surface area contributed by atoms with Crippen LogP contribution in [0.4, 0.5) is 5.69 Å². The predicted octanol–water partition coefficient (Wildman–Crippen LogP) is 4.63. The third-order valence-corrected chi connectivity index (χ3v) is 6.01. The lowest BCUT2D eigenvalue weighted by Gasteiger charge is -2.10. The first-order valence-corrected chi connectivity index (χ1v) is 8.91. The fourth-order valence-corrected chi connectivity index (χ4v) is 3.33. The highest BCUT2D eigenvalue weighted by Crippen LogP contribution is 2.24. The van der Waals surface area contributed by atoms with Gasteiger partial charge in [0.15, 0.2) is 0 Å². The first-order valence-electron chi connectivity index (χ1n) is 5.85. The maximum Gasteiger partial charge on any atom is 0.261 e. The Bertz CT molecular complexity index is 758. The molecule has 0 unspecified atom stereocenters. The predicted molar refractivity (Wildman–Crippen MR) is 88.6 cm³/mol. The van der Waals surface area contributed by atoms with Gasteiger partial charge in [0.25, 0.3) is 10.0 Å². The normalized spacial score (nSPS) is 11.4. The molecular weight excluding hydrogens is 406 g/mol. The van der Waals surface area contributed by atoms with Crippen molar-refractivity contribution in [3.8, 4) is 0 Å². The van der Waals surface area contributed by atoms with Crippen molar-refractivity contribution < 1.29 is 8.42 Å². The summed E-state index contributed by atoms with van der Waals surface area (Å²) in [5, 5.41) is 0. The van der Waals surface area contributed by atoms with Crippen LogP contribution in [0.25, 0.3) is 0 Å². The molecule has 1 N–H and O–H groups in total. The zero-order chi connectivity index (χ0) is 14.9. The highest BCUT2D eigenvalue weighted by atomic mass is 79.9. The summed E-state index contributed by atoms with van der Waals surface area (Å²) in [6, 6.07) is 10.3. The Balaban J connectivity index is 2.35. The minimum atomic E-state index is -3.57. The van der Waals surface area contributed by atoms with E-state index in [1.807, 2.05) is 19.9 Å². The first-order chi connectivity index (χ1) is 9.29. The van der Waals surface area contributed by atoms with Crippen molar-refractivity contribution in [3.63, 3.8) is 0 Å². The van der Waals surface area contributed by atoms with Crippen molar-refractivity contribution in [2.75, 3.05) is 4.72 Å². The van der Waals surface area contributed by atoms with E-state index in [4.69, 9.17) is 0 Å². The van der Waals surface area contributed by atoms with E-state index in [1.54, 1.807) is 30.3 Å². The summed E-state index contributed by atoms with van der Waals surface area (Å²) in [5.41, 5.74) is 2.39. The Morgan fingerprint density at radius 3 is 2.00 bits per heavy atom. The highest BCUT2D eigenvalue weighted by Gasteiger charge is 2.15. The number of halogens is 2. The average Bonchev–Trinajstić information content (AvgIpc) is 2.37. The minimum absolute atomic E-state index is 0.249. The largest absolute Gasteiger partial charge is 0.280 e. The number of rotatable bonds is 3. The van der Waals surface area contributed by atoms with E-state index < -0.39 is 10.0 Å². The monoisotopic (exact) mass is 417 g/mol. The Labute approximate surface area is 135 Å². The summed E-state index contributed by atoms with van der Waals surface area (Å²) in [7, 11) is -3.57. The number of aryl methyl sites for hydroxylation is 2. The van der Waals surface area contributed by atoms with Crippen LogP contribution >= 0.6 is 31.9 Å². The van der Waals surface area contributed by atoms with Gasteiger partial charge in [-0.05, 0) is 61.4 Å². The van der Waals surface area contributed by atoms with E-state index in [-0.39, 0.29) is 4.90 Å². The standard InChI is InChI=1S/C14H13Br2NO2S/c1-9-7-11(3-5-13(9)15)17-20(18,19)12-4-6-14(16)10(2)8-12/h3-8,17H,1-2H3. The van der Waals surface area contributed by atoms with Crippen LogP contribution in [0.1, 0.15) is 11.1 Å². The lowest BCUT2D eigenvalue weighted by Crippen LogP contribution is -2.13. The van der Waals surface area contributed by atoms with Crippen molar-refractivity contribution in [3.05, 3.63) is 56.5 Å². The zero-order valence-electron chi connectivity index (χ0n) is 10.9. The Morgan fingerprint density at radius 2 is 1.45 bits per heavy atom. The van der Waals surface area contributed by atoms with Crippen molar-refractivity contribution >= 4 is 47.6 Å². The van der Waals surface area contributed by atoms with Crippen LogP contribution in [0.5, 0.6) is 0 Å². The summed E-state index contributed by atoms with van der Waals surface area (Å²) in [6.07, 6.45) is 0. The highest BCUT2D eigenvalue weighted by molar-refractivity contribution is 9.10. The quantitative estimate of drug-likeness (QED) is 0.789. The lowest BCUT2D eigenvalue weighted by atomic mass is 10.2. The van der Waals surface area contributed by atoms with Gasteiger partial charge in [0.05, 0.1) is 4.90 Å². The number of nitrogens with one attached hydrogen (secondary N) is 1. The SMILES string of the molecule is Cc1cc(NS(=O)(=O)c2ccc(Br)c(C)c2)ccc1Br. The molecule has 2 rings (SSSR count). The molecule has 0 aromatic heterocycles. The molecule has 0 aliphatic rings. The van der Waals surface area contributed by atoms with Gasteiger partial charge in [0.2, 0.25) is 0 Å². The lowest BCUT2D eigenvalue weighted by molar-refractivity contribution is 0.601. The number of sulfonamides is 1. The molecule has 0 amide bonds. The molecule has 0 saturated heterocycles. The number of hydrogen-bond acceptors (Lipinski definition) is 2. The maximum absolute atomic E-state index is 12.3. The second-order valence-corrected chi connectivity index (χ2v) is 7.87. The smallest absolute Gasteiger partial charge is 0.261 e. The molecule has 0 fully saturated rings. The van der Waals surface area contributed by atoms with Gasteiger partial charge in [-0.1, -0.05) is 31.9 Å². The van der Waals surface area contributed by atoms with Gasteiger partial charge in [-0.3, -0.25) is 4.72 Å². The van der Waals surface area contributed by atoms with Crippen LogP contribution in [0.2, 0.25) is 0 Å². The number of anilines is 1. The first kappa shape index (κ1) is 15.5. The molecule has 106 valence electrons. The van der Waals surface area contributed by atoms with Crippen LogP contribution in [0.3, 0.4) is 0 Å². The summed E-state index contributed by atoms with van der Waals surface area (Å²) < 4.78 is 29.1. The molecule has 3 nitrogen and oxygen atoms in total. The van der Waals surface area contributed by atoms with Crippen molar-refractivity contribution in [1.29, 1.82) is 0 Å². The molecule has 0 atom stereocenters. The molecule has 20 heavy (non-hydrogen) atoms. The molecule has 0 aliphatic carbocycles. The van der Waals surface area contributed by atoms with Crippen LogP contribution < -0.4 is 4.72 Å². The van der Waals surface area contributed by atoms with Crippen LogP contribution in [-0.2, 0) is 10.0 Å². The van der Waals surface area contributed by atoms with Gasteiger partial charge in [-0.2, -0.15) is 0 Å². The third-order valence-electron chi connectivity index (χ3n) is 2.85. The summed E-state index contributed by atoms with van der Waals surface area (Å²) >= 11 is 6.75. The molecule has 2 aromatic carbocycles.